The maximum atomic E-state index is 14.3. The third-order valence-corrected chi connectivity index (χ3v) is 8.55. The number of hydrogen-bond acceptors (Lipinski definition) is 3. The first kappa shape index (κ1) is 25.7. The van der Waals surface area contributed by atoms with E-state index < -0.39 is 73.8 Å². The molecule has 0 spiro atoms. The second-order valence-corrected chi connectivity index (χ2v) is 10.8. The highest BCUT2D eigenvalue weighted by molar-refractivity contribution is 7.94. The SMILES string of the molecule is CC1(S(=O)(=O)N2CC(C(=O)Nc3c(F)c(F)c(C(F)(F)F)c(F)c3F)c3ccccc32)C=CC=CC1. The van der Waals surface area contributed by atoms with Gasteiger partial charge in [-0.2, -0.15) is 13.2 Å². The van der Waals surface area contributed by atoms with E-state index in [9.17, 15) is 43.9 Å². The number of nitrogens with one attached hydrogen (secondary N) is 1. The number of hydrogen-bond donors (Lipinski definition) is 1. The first-order valence-corrected chi connectivity index (χ1v) is 11.8. The molecule has 2 unspecified atom stereocenters. The number of fused-ring (bicyclic) bond motifs is 1. The molecule has 4 rings (SSSR count). The second kappa shape index (κ2) is 8.64. The van der Waals surface area contributed by atoms with Gasteiger partial charge in [0.1, 0.15) is 16.0 Å². The zero-order valence-electron chi connectivity index (χ0n) is 18.3. The number of alkyl halides is 3. The van der Waals surface area contributed by atoms with E-state index in [1.54, 1.807) is 23.5 Å². The third-order valence-electron chi connectivity index (χ3n) is 6.14. The Hall–Kier alpha value is -3.35. The summed E-state index contributed by atoms with van der Waals surface area (Å²) in [5.41, 5.74) is -4.30. The number of anilines is 2. The number of nitrogens with zero attached hydrogens (tertiary/aromatic N) is 1. The molecular formula is C23H17F7N2O3S. The van der Waals surface area contributed by atoms with Gasteiger partial charge in [0.25, 0.3) is 0 Å². The first-order chi connectivity index (χ1) is 16.7. The van der Waals surface area contributed by atoms with Gasteiger partial charge >= 0.3 is 6.18 Å². The van der Waals surface area contributed by atoms with Crippen LogP contribution in [0.25, 0.3) is 0 Å². The Kier molecular flexibility index (Phi) is 6.18. The fourth-order valence-corrected chi connectivity index (χ4v) is 6.01. The van der Waals surface area contributed by atoms with Crippen LogP contribution in [0.2, 0.25) is 0 Å². The molecule has 0 fully saturated rings. The summed E-state index contributed by atoms with van der Waals surface area (Å²) < 4.78 is 122. The van der Waals surface area contributed by atoms with Crippen molar-refractivity contribution in [1.29, 1.82) is 0 Å². The van der Waals surface area contributed by atoms with Crippen molar-refractivity contribution in [3.63, 3.8) is 0 Å². The Labute approximate surface area is 201 Å². The van der Waals surface area contributed by atoms with Crippen molar-refractivity contribution in [2.75, 3.05) is 16.2 Å². The van der Waals surface area contributed by atoms with Crippen LogP contribution in [-0.4, -0.2) is 25.6 Å². The molecular weight excluding hydrogens is 517 g/mol. The predicted molar refractivity (Wildman–Crippen MR) is 117 cm³/mol. The summed E-state index contributed by atoms with van der Waals surface area (Å²) in [6, 6.07) is 5.76. The van der Waals surface area contributed by atoms with E-state index in [0.29, 0.717) is 0 Å². The lowest BCUT2D eigenvalue weighted by molar-refractivity contribution is -0.143. The quantitative estimate of drug-likeness (QED) is 0.422. The molecule has 0 bridgehead atoms. The fourth-order valence-electron chi connectivity index (χ4n) is 4.18. The highest BCUT2D eigenvalue weighted by Crippen LogP contribution is 2.43. The molecule has 2 aliphatic rings. The topological polar surface area (TPSA) is 66.5 Å². The van der Waals surface area contributed by atoms with Gasteiger partial charge in [-0.15, -0.1) is 0 Å². The van der Waals surface area contributed by atoms with E-state index in [1.807, 2.05) is 0 Å². The smallest absolute Gasteiger partial charge is 0.320 e. The van der Waals surface area contributed by atoms with E-state index in [4.69, 9.17) is 0 Å². The molecule has 2 atom stereocenters. The van der Waals surface area contributed by atoms with E-state index in [2.05, 4.69) is 0 Å². The number of rotatable bonds is 4. The highest BCUT2D eigenvalue weighted by atomic mass is 32.2. The van der Waals surface area contributed by atoms with Gasteiger partial charge < -0.3 is 5.32 Å². The van der Waals surface area contributed by atoms with Gasteiger partial charge in [-0.3, -0.25) is 9.10 Å². The number of para-hydroxylation sites is 1. The number of allylic oxidation sites excluding steroid dienone is 3. The summed E-state index contributed by atoms with van der Waals surface area (Å²) in [5, 5.41) is 1.60. The van der Waals surface area contributed by atoms with Crippen molar-refractivity contribution in [1.82, 2.24) is 0 Å². The summed E-state index contributed by atoms with van der Waals surface area (Å²) >= 11 is 0. The largest absolute Gasteiger partial charge is 0.422 e. The summed E-state index contributed by atoms with van der Waals surface area (Å²) in [4.78, 5) is 13.0. The maximum Gasteiger partial charge on any atom is 0.422 e. The van der Waals surface area contributed by atoms with Gasteiger partial charge in [0, 0.05) is 6.54 Å². The molecule has 0 aromatic heterocycles. The maximum absolute atomic E-state index is 14.3. The van der Waals surface area contributed by atoms with E-state index in [0.717, 1.165) is 4.31 Å². The molecule has 1 N–H and O–H groups in total. The van der Waals surface area contributed by atoms with Crippen LogP contribution in [0.4, 0.5) is 42.1 Å². The van der Waals surface area contributed by atoms with Gasteiger partial charge in [-0.25, -0.2) is 26.0 Å². The molecule has 1 aliphatic carbocycles. The normalized spacial score (nSPS) is 21.6. The molecule has 2 aromatic rings. The van der Waals surface area contributed by atoms with E-state index in [1.165, 1.54) is 37.3 Å². The van der Waals surface area contributed by atoms with Crippen molar-refractivity contribution < 1.29 is 43.9 Å². The summed E-state index contributed by atoms with van der Waals surface area (Å²) in [5.74, 6) is -13.0. The highest BCUT2D eigenvalue weighted by Gasteiger charge is 2.48. The lowest BCUT2D eigenvalue weighted by atomic mass is 10.0. The van der Waals surface area contributed by atoms with Crippen molar-refractivity contribution in [2.24, 2.45) is 0 Å². The minimum Gasteiger partial charge on any atom is -0.320 e. The fraction of sp³-hybridized carbons (Fsp3) is 0.261. The molecule has 0 radical (unpaired) electrons. The van der Waals surface area contributed by atoms with Crippen molar-refractivity contribution >= 4 is 27.3 Å². The summed E-state index contributed by atoms with van der Waals surface area (Å²) in [6.45, 7) is 0.951. The van der Waals surface area contributed by atoms with Crippen LogP contribution in [0.1, 0.15) is 30.4 Å². The molecule has 1 heterocycles. The molecule has 1 amide bonds. The Balaban J connectivity index is 1.71. The first-order valence-electron chi connectivity index (χ1n) is 10.4. The molecule has 36 heavy (non-hydrogen) atoms. The monoisotopic (exact) mass is 534 g/mol. The van der Waals surface area contributed by atoms with E-state index >= 15 is 0 Å². The van der Waals surface area contributed by atoms with Crippen LogP contribution in [0.15, 0.2) is 48.6 Å². The van der Waals surface area contributed by atoms with Crippen molar-refractivity contribution in [3.05, 3.63) is 83.0 Å². The third kappa shape index (κ3) is 3.94. The van der Waals surface area contributed by atoms with Gasteiger partial charge in [0.15, 0.2) is 23.3 Å². The zero-order valence-corrected chi connectivity index (χ0v) is 19.2. The Morgan fingerprint density at radius 1 is 1.03 bits per heavy atom. The minimum absolute atomic E-state index is 0.104. The van der Waals surface area contributed by atoms with Crippen LogP contribution in [0, 0.1) is 23.3 Å². The average Bonchev–Trinajstić information content (AvgIpc) is 3.21. The number of carbonyl (C=O) groups is 1. The lowest BCUT2D eigenvalue weighted by Gasteiger charge is -2.32. The number of benzene rings is 2. The number of amides is 1. The summed E-state index contributed by atoms with van der Waals surface area (Å²) in [6.07, 6.45) is 0.710. The minimum atomic E-state index is -5.74. The second-order valence-electron chi connectivity index (χ2n) is 8.44. The lowest BCUT2D eigenvalue weighted by Crippen LogP contribution is -2.46. The number of halogens is 7. The van der Waals surface area contributed by atoms with Crippen molar-refractivity contribution in [3.8, 4) is 0 Å². The van der Waals surface area contributed by atoms with Gasteiger partial charge in [0.2, 0.25) is 15.9 Å². The number of carbonyl (C=O) groups excluding carboxylic acids is 1. The van der Waals surface area contributed by atoms with Crippen LogP contribution in [0.3, 0.4) is 0 Å². The Bertz CT molecular complexity index is 1390. The average molecular weight is 534 g/mol. The van der Waals surface area contributed by atoms with Crippen LogP contribution >= 0.6 is 0 Å². The molecule has 13 heteroatoms. The molecule has 0 saturated carbocycles. The molecule has 192 valence electrons. The molecule has 0 saturated heterocycles. The van der Waals surface area contributed by atoms with Gasteiger partial charge in [-0.1, -0.05) is 42.5 Å². The van der Waals surface area contributed by atoms with E-state index in [-0.39, 0.29) is 17.7 Å². The van der Waals surface area contributed by atoms with Gasteiger partial charge in [0.05, 0.1) is 11.6 Å². The van der Waals surface area contributed by atoms with Gasteiger partial charge in [-0.05, 0) is 25.0 Å². The Morgan fingerprint density at radius 3 is 2.19 bits per heavy atom. The summed E-state index contributed by atoms with van der Waals surface area (Å²) in [7, 11) is -4.14. The zero-order chi connectivity index (χ0) is 26.6. The van der Waals surface area contributed by atoms with Crippen LogP contribution in [-0.2, 0) is 21.0 Å². The molecule has 5 nitrogen and oxygen atoms in total. The van der Waals surface area contributed by atoms with Crippen LogP contribution < -0.4 is 9.62 Å². The molecule has 2 aromatic carbocycles. The Morgan fingerprint density at radius 2 is 1.64 bits per heavy atom. The molecule has 1 aliphatic heterocycles. The number of sulfonamides is 1. The standard InChI is InChI=1S/C23H17F7N2O3S/c1-22(9-5-2-6-10-22)36(34,35)32-11-13(12-7-3-4-8-14(12)32)21(33)31-20-18(26)16(24)15(23(28,29)30)17(25)19(20)27/h2-9,13H,10-11H2,1H3,(H,31,33). The predicted octanol–water partition coefficient (Wildman–Crippen LogP) is 5.41. The van der Waals surface area contributed by atoms with Crippen molar-refractivity contribution in [2.45, 2.75) is 30.2 Å². The van der Waals surface area contributed by atoms with Crippen LogP contribution in [0.5, 0.6) is 0 Å².